The maximum atomic E-state index is 12.1. The minimum absolute atomic E-state index is 0.113. The normalized spacial score (nSPS) is 27.0. The topological polar surface area (TPSA) is 71.0 Å². The lowest BCUT2D eigenvalue weighted by Crippen LogP contribution is -2.50. The summed E-state index contributed by atoms with van der Waals surface area (Å²) in [5.74, 6) is -0.300. The molecule has 0 unspecified atom stereocenters. The second-order valence-electron chi connectivity index (χ2n) is 5.26. The van der Waals surface area contributed by atoms with Crippen LogP contribution in [0.25, 0.3) is 0 Å². The van der Waals surface area contributed by atoms with Crippen molar-refractivity contribution in [2.45, 2.75) is 25.0 Å². The van der Waals surface area contributed by atoms with Crippen LogP contribution < -0.4 is 5.32 Å². The van der Waals surface area contributed by atoms with E-state index in [0.717, 1.165) is 5.56 Å². The van der Waals surface area contributed by atoms with E-state index >= 15 is 0 Å². The van der Waals surface area contributed by atoms with Crippen LogP contribution in [0.1, 0.15) is 5.56 Å². The average molecular weight is 322 g/mol. The van der Waals surface area contributed by atoms with Gasteiger partial charge in [0.05, 0.1) is 13.2 Å². The molecular weight excluding hydrogens is 304 g/mol. The highest BCUT2D eigenvalue weighted by Crippen LogP contribution is 2.29. The Balaban J connectivity index is 1.67. The van der Waals surface area contributed by atoms with Crippen molar-refractivity contribution in [3.05, 3.63) is 35.9 Å². The average Bonchev–Trinajstić information content (AvgIpc) is 2.90. The molecule has 2 fully saturated rings. The highest BCUT2D eigenvalue weighted by Gasteiger charge is 2.48. The van der Waals surface area contributed by atoms with Crippen LogP contribution in [0.3, 0.4) is 0 Å². The fourth-order valence-electron chi connectivity index (χ4n) is 2.65. The summed E-state index contributed by atoms with van der Waals surface area (Å²) in [7, 11) is 0. The molecule has 1 aromatic rings. The quantitative estimate of drug-likeness (QED) is 0.747. The fourth-order valence-corrected chi connectivity index (χ4v) is 2.97. The fraction of sp³-hybridized carbons (Fsp3) is 0.467. The second kappa shape index (κ2) is 6.70. The predicted octanol–water partition coefficient (Wildman–Crippen LogP) is 0.0482. The van der Waals surface area contributed by atoms with Crippen molar-refractivity contribution in [1.82, 2.24) is 10.2 Å². The summed E-state index contributed by atoms with van der Waals surface area (Å²) in [4.78, 5) is 14.7. The SMILES string of the molecule is O=C(NCCO)[C@@H]1O[C@@H]2CN(Cc3ccccc3)C(=S)[C@H]1O2. The van der Waals surface area contributed by atoms with Crippen LogP contribution in [-0.2, 0) is 20.8 Å². The number of benzene rings is 1. The molecule has 3 atom stereocenters. The number of carbonyl (C=O) groups excluding carboxylic acids is 1. The molecule has 0 saturated carbocycles. The Morgan fingerprint density at radius 2 is 2.14 bits per heavy atom. The molecule has 7 heteroatoms. The first-order chi connectivity index (χ1) is 10.7. The summed E-state index contributed by atoms with van der Waals surface area (Å²) in [6, 6.07) is 10.00. The zero-order valence-electron chi connectivity index (χ0n) is 12.0. The zero-order chi connectivity index (χ0) is 15.5. The third kappa shape index (κ3) is 3.12. The van der Waals surface area contributed by atoms with Gasteiger partial charge in [0, 0.05) is 13.1 Å². The maximum absolute atomic E-state index is 12.1. The van der Waals surface area contributed by atoms with Crippen molar-refractivity contribution in [2.75, 3.05) is 19.7 Å². The number of thiocarbonyl (C=S) groups is 1. The van der Waals surface area contributed by atoms with E-state index in [9.17, 15) is 4.79 Å². The molecule has 1 aromatic carbocycles. The van der Waals surface area contributed by atoms with E-state index in [1.54, 1.807) is 0 Å². The van der Waals surface area contributed by atoms with E-state index in [1.807, 2.05) is 35.2 Å². The minimum Gasteiger partial charge on any atom is -0.395 e. The first-order valence-corrected chi connectivity index (χ1v) is 7.62. The van der Waals surface area contributed by atoms with Gasteiger partial charge in [0.25, 0.3) is 5.91 Å². The third-order valence-corrected chi connectivity index (χ3v) is 4.17. The molecule has 2 aliphatic rings. The lowest BCUT2D eigenvalue weighted by Gasteiger charge is -2.33. The Bertz CT molecular complexity index is 554. The van der Waals surface area contributed by atoms with E-state index in [4.69, 9.17) is 26.8 Å². The van der Waals surface area contributed by atoms with Gasteiger partial charge in [0.1, 0.15) is 11.1 Å². The van der Waals surface area contributed by atoms with Crippen LogP contribution in [0.2, 0.25) is 0 Å². The van der Waals surface area contributed by atoms with Gasteiger partial charge in [-0.1, -0.05) is 42.5 Å². The van der Waals surface area contributed by atoms with Gasteiger partial charge in [-0.05, 0) is 5.56 Å². The molecular formula is C15H18N2O4S. The number of nitrogens with zero attached hydrogens (tertiary/aromatic N) is 1. The highest BCUT2D eigenvalue weighted by molar-refractivity contribution is 7.80. The summed E-state index contributed by atoms with van der Waals surface area (Å²) in [6.45, 7) is 1.26. The molecule has 118 valence electrons. The minimum atomic E-state index is -0.746. The van der Waals surface area contributed by atoms with Crippen LogP contribution >= 0.6 is 12.2 Å². The lowest BCUT2D eigenvalue weighted by molar-refractivity contribution is -0.134. The summed E-state index contributed by atoms with van der Waals surface area (Å²) >= 11 is 5.47. The van der Waals surface area contributed by atoms with Gasteiger partial charge >= 0.3 is 0 Å². The molecule has 0 spiro atoms. The Morgan fingerprint density at radius 3 is 2.86 bits per heavy atom. The molecule has 0 aromatic heterocycles. The Kier molecular flexibility index (Phi) is 4.68. The summed E-state index contributed by atoms with van der Waals surface area (Å²) in [5, 5.41) is 11.4. The molecule has 2 aliphatic heterocycles. The van der Waals surface area contributed by atoms with E-state index in [2.05, 4.69) is 5.32 Å². The lowest BCUT2D eigenvalue weighted by atomic mass is 10.1. The molecule has 6 nitrogen and oxygen atoms in total. The van der Waals surface area contributed by atoms with Gasteiger partial charge in [-0.15, -0.1) is 0 Å². The Labute approximate surface area is 134 Å². The predicted molar refractivity (Wildman–Crippen MR) is 83.1 cm³/mol. The van der Waals surface area contributed by atoms with E-state index < -0.39 is 18.5 Å². The number of morpholine rings is 1. The number of hydrogen-bond donors (Lipinski definition) is 2. The smallest absolute Gasteiger partial charge is 0.252 e. The van der Waals surface area contributed by atoms with Crippen LogP contribution in [0.5, 0.6) is 0 Å². The largest absolute Gasteiger partial charge is 0.395 e. The molecule has 2 saturated heterocycles. The van der Waals surface area contributed by atoms with Crippen molar-refractivity contribution < 1.29 is 19.4 Å². The van der Waals surface area contributed by atoms with E-state index in [-0.39, 0.29) is 19.1 Å². The molecule has 2 N–H and O–H groups in total. The molecule has 0 aliphatic carbocycles. The van der Waals surface area contributed by atoms with Gasteiger partial charge in [0.15, 0.2) is 12.4 Å². The van der Waals surface area contributed by atoms with Gasteiger partial charge in [-0.2, -0.15) is 0 Å². The molecule has 0 radical (unpaired) electrons. The molecule has 22 heavy (non-hydrogen) atoms. The summed E-state index contributed by atoms with van der Waals surface area (Å²) < 4.78 is 11.3. The van der Waals surface area contributed by atoms with Crippen LogP contribution in [0.15, 0.2) is 30.3 Å². The van der Waals surface area contributed by atoms with Crippen molar-refractivity contribution in [3.63, 3.8) is 0 Å². The monoisotopic (exact) mass is 322 g/mol. The van der Waals surface area contributed by atoms with E-state index in [1.165, 1.54) is 0 Å². The molecule has 3 rings (SSSR count). The zero-order valence-corrected chi connectivity index (χ0v) is 12.8. The molecule has 2 bridgehead atoms. The summed E-state index contributed by atoms with van der Waals surface area (Å²) in [6.07, 6.45) is -1.74. The van der Waals surface area contributed by atoms with Crippen molar-refractivity contribution in [2.24, 2.45) is 0 Å². The van der Waals surface area contributed by atoms with Gasteiger partial charge in [0.2, 0.25) is 0 Å². The van der Waals surface area contributed by atoms with Gasteiger partial charge in [-0.3, -0.25) is 4.79 Å². The standard InChI is InChI=1S/C15H18N2O4S/c18-7-6-16-14(19)12-13-15(22)17(9-11(20-12)21-13)8-10-4-2-1-3-5-10/h1-5,11-13,18H,6-9H2,(H,16,19)/t11-,12+,13-/m0/s1. The number of ether oxygens (including phenoxy) is 2. The van der Waals surface area contributed by atoms with Crippen LogP contribution in [0, 0.1) is 0 Å². The number of aliphatic hydroxyl groups excluding tert-OH is 1. The first-order valence-electron chi connectivity index (χ1n) is 7.21. The Hall–Kier alpha value is -1.54. The number of carbonyl (C=O) groups is 1. The third-order valence-electron chi connectivity index (χ3n) is 3.68. The molecule has 2 heterocycles. The van der Waals surface area contributed by atoms with E-state index in [0.29, 0.717) is 18.1 Å². The van der Waals surface area contributed by atoms with Gasteiger partial charge in [-0.25, -0.2) is 0 Å². The maximum Gasteiger partial charge on any atom is 0.252 e. The first kappa shape index (κ1) is 15.4. The number of rotatable bonds is 5. The van der Waals surface area contributed by atoms with Crippen molar-refractivity contribution in [3.8, 4) is 0 Å². The van der Waals surface area contributed by atoms with Crippen LogP contribution in [-0.4, -0.2) is 59.1 Å². The number of amides is 1. The Morgan fingerprint density at radius 1 is 1.36 bits per heavy atom. The van der Waals surface area contributed by atoms with Crippen LogP contribution in [0.4, 0.5) is 0 Å². The van der Waals surface area contributed by atoms with Crippen molar-refractivity contribution in [1.29, 1.82) is 0 Å². The number of nitrogens with one attached hydrogen (secondary N) is 1. The number of hydrogen-bond acceptors (Lipinski definition) is 5. The van der Waals surface area contributed by atoms with Crippen molar-refractivity contribution >= 4 is 23.1 Å². The second-order valence-corrected chi connectivity index (χ2v) is 5.68. The number of fused-ring (bicyclic) bond motifs is 2. The number of aliphatic hydroxyl groups is 1. The highest BCUT2D eigenvalue weighted by atomic mass is 32.1. The van der Waals surface area contributed by atoms with Gasteiger partial charge < -0.3 is 24.8 Å². The summed E-state index contributed by atoms with van der Waals surface area (Å²) in [5.41, 5.74) is 1.15. The molecule has 1 amide bonds.